The third-order valence-electron chi connectivity index (χ3n) is 6.18. The first-order valence-corrected chi connectivity index (χ1v) is 11.7. The van der Waals surface area contributed by atoms with Crippen molar-refractivity contribution in [3.05, 3.63) is 101 Å². The summed E-state index contributed by atoms with van der Waals surface area (Å²) >= 11 is 5.91. The Bertz CT molecular complexity index is 1080. The lowest BCUT2D eigenvalue weighted by Crippen LogP contribution is -2.60. The number of amides is 1. The van der Waals surface area contributed by atoms with Crippen LogP contribution in [0.2, 0.25) is 5.02 Å². The summed E-state index contributed by atoms with van der Waals surface area (Å²) in [5.41, 5.74) is 1.74. The van der Waals surface area contributed by atoms with E-state index in [-0.39, 0.29) is 30.4 Å². The fourth-order valence-corrected chi connectivity index (χ4v) is 4.48. The van der Waals surface area contributed by atoms with Gasteiger partial charge in [-0.2, -0.15) is 0 Å². The molecule has 3 atom stereocenters. The molecule has 0 aliphatic carbocycles. The molecule has 4 rings (SSSR count). The second-order valence-electron chi connectivity index (χ2n) is 8.62. The van der Waals surface area contributed by atoms with Crippen molar-refractivity contribution in [2.75, 3.05) is 19.7 Å². The largest absolute Gasteiger partial charge is 0.484 e. The van der Waals surface area contributed by atoms with Crippen LogP contribution >= 0.6 is 11.6 Å². The van der Waals surface area contributed by atoms with E-state index in [1.54, 1.807) is 41.3 Å². The van der Waals surface area contributed by atoms with E-state index in [2.05, 4.69) is 4.90 Å². The molecule has 1 fully saturated rings. The molecule has 3 aromatic carbocycles. The van der Waals surface area contributed by atoms with Gasteiger partial charge in [0.1, 0.15) is 11.6 Å². The van der Waals surface area contributed by atoms with E-state index < -0.39 is 6.10 Å². The van der Waals surface area contributed by atoms with E-state index in [1.165, 1.54) is 12.1 Å². The number of carbonyl (C=O) groups excluding carboxylic acids is 1. The van der Waals surface area contributed by atoms with Gasteiger partial charge in [0.15, 0.2) is 6.61 Å². The number of rotatable bonds is 7. The molecule has 0 aromatic heterocycles. The molecule has 0 spiro atoms. The molecule has 1 amide bonds. The summed E-state index contributed by atoms with van der Waals surface area (Å²) in [5, 5.41) is 11.9. The third-order valence-corrected chi connectivity index (χ3v) is 6.44. The first-order chi connectivity index (χ1) is 16.4. The molecule has 0 bridgehead atoms. The smallest absolute Gasteiger partial charge is 0.260 e. The monoisotopic (exact) mass is 482 g/mol. The van der Waals surface area contributed by atoms with E-state index >= 15 is 0 Å². The van der Waals surface area contributed by atoms with Gasteiger partial charge in [0.05, 0.1) is 12.1 Å². The maximum atomic E-state index is 13.4. The van der Waals surface area contributed by atoms with Crippen LogP contribution < -0.4 is 4.74 Å². The number of hydrogen-bond donors (Lipinski definition) is 1. The van der Waals surface area contributed by atoms with Crippen LogP contribution in [0, 0.1) is 5.82 Å². The summed E-state index contributed by atoms with van der Waals surface area (Å²) in [6.45, 7) is 3.35. The maximum absolute atomic E-state index is 13.4. The molecule has 1 unspecified atom stereocenters. The van der Waals surface area contributed by atoms with E-state index in [4.69, 9.17) is 16.3 Å². The predicted molar refractivity (Wildman–Crippen MR) is 130 cm³/mol. The van der Waals surface area contributed by atoms with E-state index in [9.17, 15) is 14.3 Å². The molecule has 0 saturated carbocycles. The molecule has 3 aromatic rings. The van der Waals surface area contributed by atoms with Gasteiger partial charge < -0.3 is 14.7 Å². The van der Waals surface area contributed by atoms with Gasteiger partial charge in [-0.05, 0) is 54.4 Å². The Balaban J connectivity index is 1.50. The zero-order chi connectivity index (χ0) is 24.1. The number of piperazine rings is 1. The Labute approximate surface area is 204 Å². The molecule has 7 heteroatoms. The number of aliphatic hydroxyl groups excluding tert-OH is 1. The Kier molecular flexibility index (Phi) is 7.83. The zero-order valence-electron chi connectivity index (χ0n) is 19.0. The summed E-state index contributed by atoms with van der Waals surface area (Å²) in [4.78, 5) is 17.0. The first-order valence-electron chi connectivity index (χ1n) is 11.3. The number of halogens is 2. The molecule has 1 aliphatic rings. The van der Waals surface area contributed by atoms with E-state index in [0.717, 1.165) is 11.1 Å². The molecular weight excluding hydrogens is 455 g/mol. The zero-order valence-corrected chi connectivity index (χ0v) is 19.7. The highest BCUT2D eigenvalue weighted by atomic mass is 35.5. The molecular formula is C27H28ClFN2O3. The highest BCUT2D eigenvalue weighted by molar-refractivity contribution is 6.30. The number of aliphatic hydroxyl groups is 1. The lowest BCUT2D eigenvalue weighted by Gasteiger charge is -2.47. The maximum Gasteiger partial charge on any atom is 0.260 e. The van der Waals surface area contributed by atoms with Crippen molar-refractivity contribution < 1.29 is 19.0 Å². The van der Waals surface area contributed by atoms with Gasteiger partial charge in [-0.1, -0.05) is 54.1 Å². The molecule has 178 valence electrons. The van der Waals surface area contributed by atoms with Crippen LogP contribution in [0.1, 0.15) is 24.2 Å². The lowest BCUT2D eigenvalue weighted by atomic mass is 9.96. The number of carbonyl (C=O) groups is 1. The Morgan fingerprint density at radius 1 is 1.06 bits per heavy atom. The highest BCUT2D eigenvalue weighted by Gasteiger charge is 2.38. The molecule has 34 heavy (non-hydrogen) atoms. The van der Waals surface area contributed by atoms with Gasteiger partial charge in [0.25, 0.3) is 5.91 Å². The molecule has 5 nitrogen and oxygen atoms in total. The van der Waals surface area contributed by atoms with Crippen molar-refractivity contribution in [1.29, 1.82) is 0 Å². The fraction of sp³-hybridized carbons (Fsp3) is 0.296. The van der Waals surface area contributed by atoms with Crippen molar-refractivity contribution >= 4 is 17.5 Å². The SMILES string of the molecule is C[C@@H]1CN(Cc2ccc(F)cc2)[C@@H](C(O)c2ccccc2)CN1C(=O)COc1ccc(Cl)cc1. The summed E-state index contributed by atoms with van der Waals surface area (Å²) < 4.78 is 19.1. The van der Waals surface area contributed by atoms with Crippen LogP contribution in [0.4, 0.5) is 4.39 Å². The van der Waals surface area contributed by atoms with Crippen LogP contribution in [-0.4, -0.2) is 52.6 Å². The molecule has 1 N–H and O–H groups in total. The standard InChI is InChI=1S/C27H28ClFN2O3/c1-19-15-30(16-20-7-11-23(29)12-8-20)25(27(33)21-5-3-2-4-6-21)17-31(19)26(32)18-34-24-13-9-22(28)10-14-24/h2-14,19,25,27,33H,15-18H2,1H3/t19-,25-,27?/m1/s1. The van der Waals surface area contributed by atoms with Gasteiger partial charge in [-0.25, -0.2) is 4.39 Å². The first kappa shape index (κ1) is 24.2. The van der Waals surface area contributed by atoms with Gasteiger partial charge >= 0.3 is 0 Å². The number of nitrogens with zero attached hydrogens (tertiary/aromatic N) is 2. The molecule has 1 saturated heterocycles. The average Bonchev–Trinajstić information content (AvgIpc) is 2.85. The predicted octanol–water partition coefficient (Wildman–Crippen LogP) is 4.69. The quantitative estimate of drug-likeness (QED) is 0.530. The molecule has 0 radical (unpaired) electrons. The minimum atomic E-state index is -0.790. The van der Waals surface area contributed by atoms with Gasteiger partial charge in [0.2, 0.25) is 0 Å². The fourth-order valence-electron chi connectivity index (χ4n) is 4.35. The van der Waals surface area contributed by atoms with Crippen molar-refractivity contribution in [3.8, 4) is 5.75 Å². The molecule has 1 heterocycles. The Morgan fingerprint density at radius 2 is 1.74 bits per heavy atom. The number of ether oxygens (including phenoxy) is 1. The highest BCUT2D eigenvalue weighted by Crippen LogP contribution is 2.28. The minimum absolute atomic E-state index is 0.0824. The normalized spacial score (nSPS) is 19.6. The summed E-state index contributed by atoms with van der Waals surface area (Å²) in [7, 11) is 0. The van der Waals surface area contributed by atoms with Crippen LogP contribution in [0.25, 0.3) is 0 Å². The summed E-state index contributed by atoms with van der Waals surface area (Å²) in [6.07, 6.45) is -0.790. The Morgan fingerprint density at radius 3 is 2.41 bits per heavy atom. The third kappa shape index (κ3) is 5.95. The van der Waals surface area contributed by atoms with E-state index in [1.807, 2.05) is 37.3 Å². The number of benzene rings is 3. The lowest BCUT2D eigenvalue weighted by molar-refractivity contribution is -0.142. The van der Waals surface area contributed by atoms with Crippen LogP contribution in [0.3, 0.4) is 0 Å². The topological polar surface area (TPSA) is 53.0 Å². The minimum Gasteiger partial charge on any atom is -0.484 e. The van der Waals surface area contributed by atoms with E-state index in [0.29, 0.717) is 30.4 Å². The number of hydrogen-bond acceptors (Lipinski definition) is 4. The van der Waals surface area contributed by atoms with Crippen LogP contribution in [0.15, 0.2) is 78.9 Å². The van der Waals surface area contributed by atoms with Gasteiger partial charge in [-0.15, -0.1) is 0 Å². The van der Waals surface area contributed by atoms with Crippen molar-refractivity contribution in [3.63, 3.8) is 0 Å². The van der Waals surface area contributed by atoms with Crippen molar-refractivity contribution in [2.45, 2.75) is 31.7 Å². The van der Waals surface area contributed by atoms with Crippen molar-refractivity contribution in [2.24, 2.45) is 0 Å². The van der Waals surface area contributed by atoms with Crippen molar-refractivity contribution in [1.82, 2.24) is 9.80 Å². The van der Waals surface area contributed by atoms with Gasteiger partial charge in [-0.3, -0.25) is 9.69 Å². The second-order valence-corrected chi connectivity index (χ2v) is 9.05. The second kappa shape index (κ2) is 11.0. The van der Waals surface area contributed by atoms with Gasteiger partial charge in [0, 0.05) is 30.7 Å². The summed E-state index contributed by atoms with van der Waals surface area (Å²) in [5.74, 6) is 0.143. The Hall–Kier alpha value is -2.93. The van der Waals surface area contributed by atoms with Crippen LogP contribution in [-0.2, 0) is 11.3 Å². The molecule has 1 aliphatic heterocycles. The average molecular weight is 483 g/mol. The van der Waals surface area contributed by atoms with Crippen LogP contribution in [0.5, 0.6) is 5.75 Å². The summed E-state index contributed by atoms with van der Waals surface area (Å²) in [6, 6.07) is 22.3.